The second kappa shape index (κ2) is 3.14. The van der Waals surface area contributed by atoms with Crippen molar-refractivity contribution in [1.82, 2.24) is 5.06 Å². The summed E-state index contributed by atoms with van der Waals surface area (Å²) in [6.07, 6.45) is 0. The highest BCUT2D eigenvalue weighted by atomic mass is 32.1. The van der Waals surface area contributed by atoms with E-state index in [1.807, 2.05) is 5.38 Å². The molecule has 0 unspecified atom stereocenters. The average Bonchev–Trinajstić information content (AvgIpc) is 2.15. The Morgan fingerprint density at radius 3 is 2.80 bits per heavy atom. The maximum atomic E-state index is 8.89. The van der Waals surface area contributed by atoms with E-state index >= 15 is 0 Å². The van der Waals surface area contributed by atoms with Crippen molar-refractivity contribution in [1.29, 1.82) is 0 Å². The molecule has 56 valence electrons. The Kier molecular flexibility index (Phi) is 2.43. The molecular formula is C7H11NOS. The van der Waals surface area contributed by atoms with Crippen LogP contribution in [-0.2, 0) is 6.54 Å². The molecule has 0 fully saturated rings. The van der Waals surface area contributed by atoms with Gasteiger partial charge in [0.1, 0.15) is 0 Å². The van der Waals surface area contributed by atoms with Gasteiger partial charge in [0.2, 0.25) is 0 Å². The highest BCUT2D eigenvalue weighted by Crippen LogP contribution is 2.16. The minimum absolute atomic E-state index is 0.628. The molecule has 0 bridgehead atoms. The fourth-order valence-corrected chi connectivity index (χ4v) is 1.73. The van der Waals surface area contributed by atoms with E-state index in [4.69, 9.17) is 5.21 Å². The molecular weight excluding hydrogens is 146 g/mol. The lowest BCUT2D eigenvalue weighted by molar-refractivity contribution is -0.0724. The molecule has 0 aliphatic rings. The van der Waals surface area contributed by atoms with Crippen LogP contribution in [0.25, 0.3) is 0 Å². The standard InChI is InChI=1S/C7H11NOS/c1-6-3-4-10-7(6)5-8(2)9/h3-4,9H,5H2,1-2H3. The smallest absolute Gasteiger partial charge is 0.0582 e. The number of thiophene rings is 1. The van der Waals surface area contributed by atoms with Gasteiger partial charge in [0.15, 0.2) is 0 Å². The summed E-state index contributed by atoms with van der Waals surface area (Å²) < 4.78 is 0. The van der Waals surface area contributed by atoms with Gasteiger partial charge in [-0.1, -0.05) is 0 Å². The Bertz CT molecular complexity index is 207. The lowest BCUT2D eigenvalue weighted by Gasteiger charge is -2.05. The Morgan fingerprint density at radius 2 is 2.40 bits per heavy atom. The van der Waals surface area contributed by atoms with Crippen molar-refractivity contribution < 1.29 is 5.21 Å². The van der Waals surface area contributed by atoms with Gasteiger partial charge in [0, 0.05) is 11.9 Å². The normalized spacial score (nSPS) is 10.8. The highest BCUT2D eigenvalue weighted by Gasteiger charge is 2.00. The molecule has 0 saturated heterocycles. The van der Waals surface area contributed by atoms with Gasteiger partial charge in [-0.25, -0.2) is 0 Å². The number of nitrogens with zero attached hydrogens (tertiary/aromatic N) is 1. The number of hydroxylamine groups is 2. The molecule has 1 N–H and O–H groups in total. The van der Waals surface area contributed by atoms with Crippen molar-refractivity contribution in [2.75, 3.05) is 7.05 Å². The van der Waals surface area contributed by atoms with E-state index in [9.17, 15) is 0 Å². The summed E-state index contributed by atoms with van der Waals surface area (Å²) in [5.74, 6) is 0. The maximum Gasteiger partial charge on any atom is 0.0582 e. The summed E-state index contributed by atoms with van der Waals surface area (Å²) in [4.78, 5) is 1.23. The SMILES string of the molecule is Cc1ccsc1CN(C)O. The average molecular weight is 157 g/mol. The van der Waals surface area contributed by atoms with Gasteiger partial charge in [-0.2, -0.15) is 5.06 Å². The lowest BCUT2D eigenvalue weighted by atomic mass is 10.3. The Hall–Kier alpha value is -0.380. The van der Waals surface area contributed by atoms with E-state index < -0.39 is 0 Å². The predicted molar refractivity (Wildman–Crippen MR) is 42.3 cm³/mol. The Balaban J connectivity index is 2.65. The van der Waals surface area contributed by atoms with Crippen LogP contribution in [0.5, 0.6) is 0 Å². The summed E-state index contributed by atoms with van der Waals surface area (Å²) in [6, 6.07) is 2.06. The van der Waals surface area contributed by atoms with E-state index in [2.05, 4.69) is 13.0 Å². The van der Waals surface area contributed by atoms with Gasteiger partial charge in [-0.15, -0.1) is 11.3 Å². The van der Waals surface area contributed by atoms with E-state index in [1.165, 1.54) is 15.5 Å². The third kappa shape index (κ3) is 1.80. The molecule has 0 saturated carbocycles. The Morgan fingerprint density at radius 1 is 1.70 bits per heavy atom. The molecule has 0 aromatic carbocycles. The van der Waals surface area contributed by atoms with Crippen LogP contribution >= 0.6 is 11.3 Å². The van der Waals surface area contributed by atoms with Crippen LogP contribution in [-0.4, -0.2) is 17.3 Å². The van der Waals surface area contributed by atoms with Crippen molar-refractivity contribution >= 4 is 11.3 Å². The van der Waals surface area contributed by atoms with Gasteiger partial charge in [0.05, 0.1) is 6.54 Å². The van der Waals surface area contributed by atoms with E-state index in [1.54, 1.807) is 18.4 Å². The monoisotopic (exact) mass is 157 g/mol. The fraction of sp³-hybridized carbons (Fsp3) is 0.429. The first-order valence-electron chi connectivity index (χ1n) is 3.13. The van der Waals surface area contributed by atoms with Gasteiger partial charge < -0.3 is 5.21 Å². The van der Waals surface area contributed by atoms with Crippen LogP contribution in [0.15, 0.2) is 11.4 Å². The summed E-state index contributed by atoms with van der Waals surface area (Å²) in [7, 11) is 1.65. The molecule has 0 atom stereocenters. The van der Waals surface area contributed by atoms with Gasteiger partial charge in [-0.3, -0.25) is 0 Å². The van der Waals surface area contributed by atoms with Crippen molar-refractivity contribution in [3.63, 3.8) is 0 Å². The number of hydrogen-bond donors (Lipinski definition) is 1. The summed E-state index contributed by atoms with van der Waals surface area (Å²) in [5, 5.41) is 12.1. The first-order chi connectivity index (χ1) is 4.70. The van der Waals surface area contributed by atoms with Crippen LogP contribution in [0.1, 0.15) is 10.4 Å². The van der Waals surface area contributed by atoms with Crippen LogP contribution in [0.3, 0.4) is 0 Å². The van der Waals surface area contributed by atoms with Crippen molar-refractivity contribution in [2.45, 2.75) is 13.5 Å². The number of hydrogen-bond acceptors (Lipinski definition) is 3. The molecule has 1 aromatic rings. The second-order valence-electron chi connectivity index (χ2n) is 2.34. The fourth-order valence-electron chi connectivity index (χ4n) is 0.774. The number of aryl methyl sites for hydroxylation is 1. The third-order valence-corrected chi connectivity index (χ3v) is 2.35. The largest absolute Gasteiger partial charge is 0.314 e. The predicted octanol–water partition coefficient (Wildman–Crippen LogP) is 1.88. The zero-order valence-electron chi connectivity index (χ0n) is 6.16. The second-order valence-corrected chi connectivity index (χ2v) is 3.34. The molecule has 1 heterocycles. The van der Waals surface area contributed by atoms with E-state index in [0.29, 0.717) is 6.54 Å². The molecule has 3 heteroatoms. The Labute approximate surface area is 64.7 Å². The molecule has 0 aliphatic heterocycles. The molecule has 0 spiro atoms. The minimum Gasteiger partial charge on any atom is -0.314 e. The molecule has 1 rings (SSSR count). The third-order valence-electron chi connectivity index (χ3n) is 1.34. The van der Waals surface area contributed by atoms with E-state index in [-0.39, 0.29) is 0 Å². The van der Waals surface area contributed by atoms with Crippen LogP contribution < -0.4 is 0 Å². The minimum atomic E-state index is 0.628. The van der Waals surface area contributed by atoms with Gasteiger partial charge in [-0.05, 0) is 23.9 Å². The molecule has 0 radical (unpaired) electrons. The molecule has 1 aromatic heterocycles. The number of rotatable bonds is 2. The lowest BCUT2D eigenvalue weighted by Crippen LogP contribution is -2.10. The highest BCUT2D eigenvalue weighted by molar-refractivity contribution is 7.10. The molecule has 10 heavy (non-hydrogen) atoms. The quantitative estimate of drug-likeness (QED) is 0.662. The first-order valence-corrected chi connectivity index (χ1v) is 4.01. The summed E-state index contributed by atoms with van der Waals surface area (Å²) in [6.45, 7) is 2.68. The van der Waals surface area contributed by atoms with E-state index in [0.717, 1.165) is 0 Å². The maximum absolute atomic E-state index is 8.89. The van der Waals surface area contributed by atoms with Crippen molar-refractivity contribution in [3.8, 4) is 0 Å². The summed E-state index contributed by atoms with van der Waals surface area (Å²) in [5.41, 5.74) is 1.26. The summed E-state index contributed by atoms with van der Waals surface area (Å²) >= 11 is 1.68. The molecule has 0 aliphatic carbocycles. The first kappa shape index (κ1) is 7.72. The van der Waals surface area contributed by atoms with Gasteiger partial charge in [0.25, 0.3) is 0 Å². The van der Waals surface area contributed by atoms with Gasteiger partial charge >= 0.3 is 0 Å². The van der Waals surface area contributed by atoms with Crippen LogP contribution in [0, 0.1) is 6.92 Å². The zero-order valence-corrected chi connectivity index (χ0v) is 6.98. The zero-order chi connectivity index (χ0) is 7.56. The van der Waals surface area contributed by atoms with Crippen LogP contribution in [0.4, 0.5) is 0 Å². The molecule has 2 nitrogen and oxygen atoms in total. The topological polar surface area (TPSA) is 23.5 Å². The molecule has 0 amide bonds. The van der Waals surface area contributed by atoms with Crippen molar-refractivity contribution in [2.24, 2.45) is 0 Å². The van der Waals surface area contributed by atoms with Crippen LogP contribution in [0.2, 0.25) is 0 Å². The van der Waals surface area contributed by atoms with Crippen molar-refractivity contribution in [3.05, 3.63) is 21.9 Å².